The summed E-state index contributed by atoms with van der Waals surface area (Å²) in [5, 5.41) is 7.80. The molecule has 2 fully saturated rings. The minimum atomic E-state index is 0.148. The van der Waals surface area contributed by atoms with Crippen molar-refractivity contribution in [3.63, 3.8) is 0 Å². The quantitative estimate of drug-likeness (QED) is 0.811. The number of benzene rings is 1. The van der Waals surface area contributed by atoms with Crippen molar-refractivity contribution in [3.05, 3.63) is 30.5 Å². The van der Waals surface area contributed by atoms with Crippen molar-refractivity contribution < 1.29 is 4.79 Å². The van der Waals surface area contributed by atoms with E-state index in [4.69, 9.17) is 0 Å². The molecule has 0 spiro atoms. The summed E-state index contributed by atoms with van der Waals surface area (Å²) in [5.74, 6) is 0.684. The highest BCUT2D eigenvalue weighted by Crippen LogP contribution is 2.33. The number of carbonyl (C=O) groups is 1. The molecule has 3 N–H and O–H groups in total. The first-order valence-corrected chi connectivity index (χ1v) is 7.90. The van der Waals surface area contributed by atoms with Crippen LogP contribution >= 0.6 is 0 Å². The Balaban J connectivity index is 1.43. The highest BCUT2D eigenvalue weighted by atomic mass is 16.1. The minimum Gasteiger partial charge on any atom is -0.361 e. The lowest BCUT2D eigenvalue weighted by atomic mass is 9.89. The number of hydrogen-bond donors (Lipinski definition) is 3. The van der Waals surface area contributed by atoms with Crippen LogP contribution in [-0.4, -0.2) is 23.0 Å². The second-order valence-electron chi connectivity index (χ2n) is 6.47. The number of piperidine rings is 1. The van der Waals surface area contributed by atoms with Crippen LogP contribution < -0.4 is 10.6 Å². The molecule has 2 aliphatic rings. The largest absolute Gasteiger partial charge is 0.361 e. The van der Waals surface area contributed by atoms with Crippen molar-refractivity contribution in [1.82, 2.24) is 10.3 Å². The number of hydrogen-bond acceptors (Lipinski definition) is 2. The summed E-state index contributed by atoms with van der Waals surface area (Å²) in [6.07, 6.45) is 7.42. The molecular weight excluding hydrogens is 262 g/mol. The molecule has 1 aromatic carbocycles. The van der Waals surface area contributed by atoms with E-state index in [1.165, 1.54) is 12.8 Å². The maximum Gasteiger partial charge on any atom is 0.224 e. The summed E-state index contributed by atoms with van der Waals surface area (Å²) < 4.78 is 0. The van der Waals surface area contributed by atoms with Crippen LogP contribution in [0, 0.1) is 5.92 Å². The number of fused-ring (bicyclic) bond motifs is 3. The Morgan fingerprint density at radius 3 is 2.81 bits per heavy atom. The van der Waals surface area contributed by atoms with Crippen molar-refractivity contribution in [2.45, 2.75) is 44.2 Å². The van der Waals surface area contributed by atoms with Crippen molar-refractivity contribution in [3.8, 4) is 0 Å². The van der Waals surface area contributed by atoms with Crippen LogP contribution in [0.5, 0.6) is 0 Å². The van der Waals surface area contributed by atoms with Gasteiger partial charge in [0, 0.05) is 35.6 Å². The van der Waals surface area contributed by atoms with E-state index in [2.05, 4.69) is 15.6 Å². The van der Waals surface area contributed by atoms with Crippen molar-refractivity contribution in [2.24, 2.45) is 5.92 Å². The summed E-state index contributed by atoms with van der Waals surface area (Å²) in [6.45, 7) is 0. The van der Waals surface area contributed by atoms with Crippen LogP contribution in [-0.2, 0) is 4.79 Å². The maximum absolute atomic E-state index is 12.3. The van der Waals surface area contributed by atoms with Crippen LogP contribution in [0.1, 0.15) is 32.1 Å². The Morgan fingerprint density at radius 1 is 1.19 bits per heavy atom. The standard InChI is InChI=1S/C17H21N3O/c21-17(10-11-8-12-4-5-13(9-11)19-12)20-16-3-1-2-15-14(16)6-7-18-15/h1-3,6-7,11-13,18-19H,4-5,8-10H2,(H,20,21). The minimum absolute atomic E-state index is 0.148. The number of carbonyl (C=O) groups excluding carboxylic acids is 1. The third-order valence-electron chi connectivity index (χ3n) is 4.91. The molecule has 0 radical (unpaired) electrons. The van der Waals surface area contributed by atoms with Crippen LogP contribution in [0.2, 0.25) is 0 Å². The van der Waals surface area contributed by atoms with E-state index in [0.29, 0.717) is 24.4 Å². The number of nitrogens with one attached hydrogen (secondary N) is 3. The zero-order chi connectivity index (χ0) is 14.2. The van der Waals surface area contributed by atoms with E-state index in [1.54, 1.807) is 0 Å². The molecule has 4 rings (SSSR count). The van der Waals surface area contributed by atoms with Gasteiger partial charge in [0.05, 0.1) is 5.69 Å². The molecule has 2 atom stereocenters. The Morgan fingerprint density at radius 2 is 2.00 bits per heavy atom. The monoisotopic (exact) mass is 283 g/mol. The third-order valence-corrected chi connectivity index (χ3v) is 4.91. The predicted molar refractivity (Wildman–Crippen MR) is 84.2 cm³/mol. The Kier molecular flexibility index (Phi) is 3.19. The normalized spacial score (nSPS) is 27.9. The summed E-state index contributed by atoms with van der Waals surface area (Å²) in [4.78, 5) is 15.5. The van der Waals surface area contributed by atoms with Gasteiger partial charge in [-0.2, -0.15) is 0 Å². The molecule has 21 heavy (non-hydrogen) atoms. The second-order valence-corrected chi connectivity index (χ2v) is 6.47. The smallest absolute Gasteiger partial charge is 0.224 e. The first-order valence-electron chi connectivity index (χ1n) is 7.90. The third kappa shape index (κ3) is 2.56. The Labute approximate surface area is 124 Å². The van der Waals surface area contributed by atoms with Crippen molar-refractivity contribution >= 4 is 22.5 Å². The first kappa shape index (κ1) is 12.9. The van der Waals surface area contributed by atoms with Gasteiger partial charge < -0.3 is 15.6 Å². The molecule has 0 aliphatic carbocycles. The highest BCUT2D eigenvalue weighted by Gasteiger charge is 2.34. The number of amides is 1. The van der Waals surface area contributed by atoms with Gasteiger partial charge in [0.15, 0.2) is 0 Å². The molecule has 2 saturated heterocycles. The molecule has 0 saturated carbocycles. The lowest BCUT2D eigenvalue weighted by molar-refractivity contribution is -0.117. The van der Waals surface area contributed by atoms with Gasteiger partial charge in [0.1, 0.15) is 0 Å². The molecule has 4 nitrogen and oxygen atoms in total. The molecule has 4 heteroatoms. The summed E-state index contributed by atoms with van der Waals surface area (Å²) in [7, 11) is 0. The van der Waals surface area contributed by atoms with E-state index < -0.39 is 0 Å². The number of aromatic nitrogens is 1. The Hall–Kier alpha value is -1.81. The van der Waals surface area contributed by atoms with E-state index >= 15 is 0 Å². The zero-order valence-corrected chi connectivity index (χ0v) is 12.1. The summed E-state index contributed by atoms with van der Waals surface area (Å²) in [5.41, 5.74) is 1.98. The molecule has 2 aliphatic heterocycles. The van der Waals surface area contributed by atoms with Crippen molar-refractivity contribution in [2.75, 3.05) is 5.32 Å². The van der Waals surface area contributed by atoms with Gasteiger partial charge in [-0.15, -0.1) is 0 Å². The Bertz CT molecular complexity index is 651. The fourth-order valence-electron chi connectivity index (χ4n) is 4.00. The lowest BCUT2D eigenvalue weighted by Crippen LogP contribution is -2.39. The van der Waals surface area contributed by atoms with Gasteiger partial charge in [0.2, 0.25) is 5.91 Å². The molecule has 1 aromatic heterocycles. The van der Waals surface area contributed by atoms with Crippen LogP contribution in [0.4, 0.5) is 5.69 Å². The van der Waals surface area contributed by atoms with Gasteiger partial charge >= 0.3 is 0 Å². The van der Waals surface area contributed by atoms with Crippen molar-refractivity contribution in [1.29, 1.82) is 0 Å². The van der Waals surface area contributed by atoms with Gasteiger partial charge in [-0.1, -0.05) is 6.07 Å². The zero-order valence-electron chi connectivity index (χ0n) is 12.1. The average molecular weight is 283 g/mol. The van der Waals surface area contributed by atoms with Crippen LogP contribution in [0.15, 0.2) is 30.5 Å². The van der Waals surface area contributed by atoms with Gasteiger partial charge in [-0.25, -0.2) is 0 Å². The number of H-pyrrole nitrogens is 1. The number of aromatic amines is 1. The molecule has 2 aromatic rings. The molecule has 110 valence electrons. The topological polar surface area (TPSA) is 56.9 Å². The molecule has 1 amide bonds. The molecule has 3 heterocycles. The van der Waals surface area contributed by atoms with E-state index in [9.17, 15) is 4.79 Å². The summed E-state index contributed by atoms with van der Waals surface area (Å²) >= 11 is 0. The van der Waals surface area contributed by atoms with Gasteiger partial charge in [-0.3, -0.25) is 4.79 Å². The van der Waals surface area contributed by atoms with E-state index in [-0.39, 0.29) is 5.91 Å². The maximum atomic E-state index is 12.3. The lowest BCUT2D eigenvalue weighted by Gasteiger charge is -2.28. The van der Waals surface area contributed by atoms with Crippen LogP contribution in [0.25, 0.3) is 10.9 Å². The summed E-state index contributed by atoms with van der Waals surface area (Å²) in [6, 6.07) is 9.27. The van der Waals surface area contributed by atoms with Gasteiger partial charge in [0.25, 0.3) is 0 Å². The number of rotatable bonds is 3. The highest BCUT2D eigenvalue weighted by molar-refractivity contribution is 6.01. The van der Waals surface area contributed by atoms with Crippen LogP contribution in [0.3, 0.4) is 0 Å². The second kappa shape index (κ2) is 5.19. The SMILES string of the molecule is O=C(CC1CC2CCC(C1)N2)Nc1cccc2[nH]ccc12. The fraction of sp³-hybridized carbons (Fsp3) is 0.471. The van der Waals surface area contributed by atoms with Gasteiger partial charge in [-0.05, 0) is 49.8 Å². The van der Waals surface area contributed by atoms with E-state index in [1.807, 2.05) is 30.5 Å². The van der Waals surface area contributed by atoms with E-state index in [0.717, 1.165) is 29.4 Å². The number of anilines is 1. The molecular formula is C17H21N3O. The predicted octanol–water partition coefficient (Wildman–Crippen LogP) is 3.03. The molecule has 2 unspecified atom stereocenters. The fourth-order valence-corrected chi connectivity index (χ4v) is 4.00. The average Bonchev–Trinajstić information content (AvgIpc) is 3.06. The molecule has 2 bridgehead atoms. The first-order chi connectivity index (χ1) is 10.3.